The van der Waals surface area contributed by atoms with E-state index < -0.39 is 227 Å². The minimum atomic E-state index is -2.77. The Balaban J connectivity index is 1.24. The Bertz CT molecular complexity index is 3600. The van der Waals surface area contributed by atoms with Crippen molar-refractivity contribution >= 4 is 23.9 Å². The van der Waals surface area contributed by atoms with E-state index in [4.69, 9.17) is 23.7 Å². The normalized spacial score (nSPS) is 21.7. The van der Waals surface area contributed by atoms with E-state index in [1.165, 1.54) is 6.07 Å². The molecule has 0 saturated heterocycles. The maximum absolute atomic E-state index is 14.7. The van der Waals surface area contributed by atoms with Gasteiger partial charge in [-0.15, -0.1) is 0 Å². The Morgan fingerprint density at radius 3 is 1.43 bits per heavy atom. The van der Waals surface area contributed by atoms with Gasteiger partial charge < -0.3 is 116 Å². The quantitative estimate of drug-likeness (QED) is 0.0687. The van der Waals surface area contributed by atoms with Crippen LogP contribution in [0, 0.1) is 0 Å². The monoisotopic (exact) mass is 1060 g/mol. The summed E-state index contributed by atoms with van der Waals surface area (Å²) >= 11 is 0. The number of aromatic hydroxyl groups is 16. The zero-order valence-electron chi connectivity index (χ0n) is 37.7. The molecule has 0 aliphatic carbocycles. The van der Waals surface area contributed by atoms with Crippen molar-refractivity contribution in [2.75, 3.05) is 6.61 Å². The van der Waals surface area contributed by atoms with Crippen LogP contribution in [-0.2, 0) is 25.4 Å². The second-order valence-corrected chi connectivity index (χ2v) is 17.7. The fourth-order valence-corrected chi connectivity index (χ4v) is 9.87. The Kier molecular flexibility index (Phi) is 11.1. The zero-order chi connectivity index (χ0) is 55.0. The van der Waals surface area contributed by atoms with Crippen molar-refractivity contribution in [2.24, 2.45) is 0 Å². The lowest BCUT2D eigenvalue weighted by atomic mass is 9.74. The first kappa shape index (κ1) is 49.3. The SMILES string of the molecule is O=C1OCC(O)C(C2OC(=O)c3cc(O)c(O)c(O)c3-c3c(O)c(O)c(O)c4c3C(=O)OC2C4c2c(O)cc3c(c2O)CC(O)C(c2ccc(O)c(O)c2)O3)OC(=O)c2cc(O)c(O)c(O)c2-c2c1cc(O)c(O)c2O. The Morgan fingerprint density at radius 1 is 0.382 bits per heavy atom. The van der Waals surface area contributed by atoms with Gasteiger partial charge in [-0.25, -0.2) is 19.2 Å². The fraction of sp³-hybridized carbons (Fsp3) is 0.184. The van der Waals surface area contributed by atoms with E-state index in [0.717, 1.165) is 18.2 Å². The molecule has 394 valence electrons. The maximum Gasteiger partial charge on any atom is 0.339 e. The highest BCUT2D eigenvalue weighted by Gasteiger charge is 2.56. The molecule has 4 aliphatic heterocycles. The highest BCUT2D eigenvalue weighted by atomic mass is 16.6. The second kappa shape index (κ2) is 17.2. The summed E-state index contributed by atoms with van der Waals surface area (Å²) in [6.45, 7) is -1.44. The number of esters is 4. The molecule has 0 amide bonds. The van der Waals surface area contributed by atoms with Gasteiger partial charge in [0.05, 0.1) is 34.3 Å². The summed E-state index contributed by atoms with van der Waals surface area (Å²) in [6.07, 6.45) is -14.4. The standard InChI is InChI=1S/C49H36O27/c50-15-2-1-10(3-16(15)51)42-21(56)4-11-23(73-42)8-17(52)27(32(11)58)30-29-31-28(39(65)41(67)40(29)66)26-14(7-20(55)35(61)38(26)64)48(70)76-45(44(30)75-49(31)71)43-22(57)9-72-46(68)12-5-18(53)33(59)36(62)24(12)25-13(47(69)74-43)6-19(54)34(60)37(25)63/h1-3,5-8,21-22,30,42-45,50-67H,4,9H2. The molecule has 27 nitrogen and oxygen atoms in total. The van der Waals surface area contributed by atoms with Crippen molar-refractivity contribution in [3.63, 3.8) is 0 Å². The van der Waals surface area contributed by atoms with Crippen molar-refractivity contribution in [2.45, 2.75) is 49.0 Å². The van der Waals surface area contributed by atoms with Gasteiger partial charge in [0.2, 0.25) is 23.0 Å². The zero-order valence-corrected chi connectivity index (χ0v) is 37.7. The first-order valence-electron chi connectivity index (χ1n) is 21.9. The Labute approximate surface area is 420 Å². The van der Waals surface area contributed by atoms with E-state index in [9.17, 15) is 111 Å². The van der Waals surface area contributed by atoms with E-state index in [1.807, 2.05) is 0 Å². The van der Waals surface area contributed by atoms with Gasteiger partial charge in [0.15, 0.2) is 75.8 Å². The number of carbonyl (C=O) groups is 4. The molecule has 0 saturated carbocycles. The molecule has 0 aromatic heterocycles. The first-order chi connectivity index (χ1) is 35.8. The van der Waals surface area contributed by atoms with E-state index in [-0.39, 0.29) is 16.9 Å². The van der Waals surface area contributed by atoms with Crippen molar-refractivity contribution in [3.05, 3.63) is 87.0 Å². The lowest BCUT2D eigenvalue weighted by molar-refractivity contribution is -0.133. The summed E-state index contributed by atoms with van der Waals surface area (Å²) in [6, 6.07) is 5.42. The third-order valence-corrected chi connectivity index (χ3v) is 13.4. The van der Waals surface area contributed by atoms with Gasteiger partial charge in [-0.3, -0.25) is 0 Å². The minimum Gasteiger partial charge on any atom is -0.507 e. The van der Waals surface area contributed by atoms with Crippen LogP contribution in [0.15, 0.2) is 42.5 Å². The molecule has 76 heavy (non-hydrogen) atoms. The average molecular weight is 1060 g/mol. The first-order valence-corrected chi connectivity index (χ1v) is 21.9. The number of phenolic OH excluding ortho intramolecular Hbond substituents is 16. The van der Waals surface area contributed by atoms with Crippen molar-refractivity contribution < 1.29 is 135 Å². The molecule has 6 aromatic rings. The number of rotatable bonds is 3. The molecule has 10 rings (SSSR count). The van der Waals surface area contributed by atoms with Gasteiger partial charge in [0, 0.05) is 51.4 Å². The molecule has 4 heterocycles. The maximum atomic E-state index is 14.7. The van der Waals surface area contributed by atoms with Crippen LogP contribution in [0.25, 0.3) is 22.3 Å². The fourth-order valence-electron chi connectivity index (χ4n) is 9.87. The van der Waals surface area contributed by atoms with E-state index >= 15 is 0 Å². The Hall–Kier alpha value is -10.3. The van der Waals surface area contributed by atoms with Gasteiger partial charge in [-0.2, -0.15) is 0 Å². The number of fused-ring (bicyclic) bond motifs is 8. The number of carbonyl (C=O) groups excluding carboxylic acids is 4. The van der Waals surface area contributed by atoms with Crippen LogP contribution in [0.2, 0.25) is 0 Å². The predicted octanol–water partition coefficient (Wildman–Crippen LogP) is 2.31. The van der Waals surface area contributed by atoms with Gasteiger partial charge >= 0.3 is 23.9 Å². The van der Waals surface area contributed by atoms with Crippen molar-refractivity contribution in [1.29, 1.82) is 0 Å². The van der Waals surface area contributed by atoms with Crippen LogP contribution in [0.1, 0.15) is 75.7 Å². The van der Waals surface area contributed by atoms with Gasteiger partial charge in [0.25, 0.3) is 0 Å². The van der Waals surface area contributed by atoms with Crippen molar-refractivity contribution in [1.82, 2.24) is 0 Å². The van der Waals surface area contributed by atoms with E-state index in [2.05, 4.69) is 0 Å². The van der Waals surface area contributed by atoms with Crippen LogP contribution in [0.4, 0.5) is 0 Å². The van der Waals surface area contributed by atoms with Gasteiger partial charge in [0.1, 0.15) is 36.1 Å². The van der Waals surface area contributed by atoms with Crippen LogP contribution >= 0.6 is 0 Å². The average Bonchev–Trinajstić information content (AvgIpc) is 3.41. The second-order valence-electron chi connectivity index (χ2n) is 17.7. The number of ether oxygens (including phenoxy) is 5. The van der Waals surface area contributed by atoms with Gasteiger partial charge in [-0.05, 0) is 35.9 Å². The number of benzene rings is 6. The third-order valence-electron chi connectivity index (χ3n) is 13.4. The summed E-state index contributed by atoms with van der Waals surface area (Å²) in [7, 11) is 0. The number of cyclic esters (lactones) is 3. The van der Waals surface area contributed by atoms with Crippen LogP contribution in [0.3, 0.4) is 0 Å². The van der Waals surface area contributed by atoms with Crippen LogP contribution in [0.5, 0.6) is 97.7 Å². The topological polar surface area (TPSA) is 479 Å². The van der Waals surface area contributed by atoms with Crippen LogP contribution in [-0.4, -0.2) is 153 Å². The minimum absolute atomic E-state index is 0.0708. The molecule has 7 unspecified atom stereocenters. The Morgan fingerprint density at radius 2 is 0.882 bits per heavy atom. The number of aliphatic hydroxyl groups excluding tert-OH is 2. The molecule has 7 atom stereocenters. The summed E-state index contributed by atoms with van der Waals surface area (Å²) in [5, 5.41) is 200. The molecule has 0 radical (unpaired) electrons. The smallest absolute Gasteiger partial charge is 0.339 e. The predicted molar refractivity (Wildman–Crippen MR) is 242 cm³/mol. The van der Waals surface area contributed by atoms with Crippen molar-refractivity contribution in [3.8, 4) is 120 Å². The number of hydrogen-bond donors (Lipinski definition) is 18. The lowest BCUT2D eigenvalue weighted by Crippen LogP contribution is -2.55. The van der Waals surface area contributed by atoms with E-state index in [0.29, 0.717) is 18.2 Å². The summed E-state index contributed by atoms with van der Waals surface area (Å²) in [5.41, 5.74) is -11.2. The molecule has 6 aromatic carbocycles. The molecule has 4 aliphatic rings. The molecule has 18 N–H and O–H groups in total. The molecular weight excluding hydrogens is 1020 g/mol. The lowest BCUT2D eigenvalue weighted by Gasteiger charge is -2.42. The number of hydrogen-bond acceptors (Lipinski definition) is 27. The summed E-state index contributed by atoms with van der Waals surface area (Å²) in [5.74, 6) is -30.5. The van der Waals surface area contributed by atoms with E-state index in [1.54, 1.807) is 0 Å². The highest BCUT2D eigenvalue weighted by Crippen LogP contribution is 2.62. The molecule has 0 fully saturated rings. The van der Waals surface area contributed by atoms with Gasteiger partial charge in [-0.1, -0.05) is 6.07 Å². The largest absolute Gasteiger partial charge is 0.507 e. The summed E-state index contributed by atoms with van der Waals surface area (Å²) in [4.78, 5) is 58.0. The molecule has 27 heteroatoms. The summed E-state index contributed by atoms with van der Waals surface area (Å²) < 4.78 is 28.6. The molecule has 2 bridgehead atoms. The number of phenols is 16. The van der Waals surface area contributed by atoms with Crippen LogP contribution < -0.4 is 4.74 Å². The highest BCUT2D eigenvalue weighted by molar-refractivity contribution is 6.11. The number of aliphatic hydroxyl groups is 2. The molecular formula is C49H36O27. The third kappa shape index (κ3) is 7.11. The molecule has 0 spiro atoms.